The summed E-state index contributed by atoms with van der Waals surface area (Å²) in [5.74, 6) is -0.216. The number of esters is 1. The second-order valence-electron chi connectivity index (χ2n) is 6.32. The first kappa shape index (κ1) is 19.7. The topological polar surface area (TPSA) is 69.6 Å². The molecular weight excluding hydrogens is 376 g/mol. The van der Waals surface area contributed by atoms with Crippen molar-refractivity contribution < 1.29 is 19.1 Å². The van der Waals surface area contributed by atoms with Crippen molar-refractivity contribution in [3.05, 3.63) is 64.8 Å². The zero-order valence-corrected chi connectivity index (χ0v) is 17.0. The van der Waals surface area contributed by atoms with E-state index in [1.165, 1.54) is 11.3 Å². The SMILES string of the molecule is COc1ccc(NC(=O)[C@@H](C)OC(=O)c2c(-n3cccc3)sc(C)c2C)cc1. The number of aromatic nitrogens is 1. The molecule has 0 aliphatic heterocycles. The highest BCUT2D eigenvalue weighted by atomic mass is 32.1. The first-order chi connectivity index (χ1) is 13.4. The minimum atomic E-state index is -0.938. The van der Waals surface area contributed by atoms with Crippen molar-refractivity contribution in [2.75, 3.05) is 12.4 Å². The Morgan fingerprint density at radius 3 is 2.36 bits per heavy atom. The molecule has 0 unspecified atom stereocenters. The first-order valence-corrected chi connectivity index (χ1v) is 9.61. The Hall–Kier alpha value is -3.06. The normalized spacial score (nSPS) is 11.7. The van der Waals surface area contributed by atoms with Gasteiger partial charge in [-0.3, -0.25) is 4.79 Å². The summed E-state index contributed by atoms with van der Waals surface area (Å²) in [5.41, 5.74) is 1.95. The molecule has 7 heteroatoms. The van der Waals surface area contributed by atoms with Gasteiger partial charge < -0.3 is 19.4 Å². The van der Waals surface area contributed by atoms with Gasteiger partial charge in [-0.2, -0.15) is 0 Å². The Morgan fingerprint density at radius 2 is 1.75 bits per heavy atom. The van der Waals surface area contributed by atoms with Crippen molar-refractivity contribution in [2.24, 2.45) is 0 Å². The second kappa shape index (κ2) is 8.31. The zero-order chi connectivity index (χ0) is 20.3. The minimum Gasteiger partial charge on any atom is -0.497 e. The number of aryl methyl sites for hydroxylation is 1. The van der Waals surface area contributed by atoms with Gasteiger partial charge in [0.25, 0.3) is 5.91 Å². The number of benzene rings is 1. The summed E-state index contributed by atoms with van der Waals surface area (Å²) in [6.07, 6.45) is 2.81. The van der Waals surface area contributed by atoms with Gasteiger partial charge in [0.1, 0.15) is 10.8 Å². The van der Waals surface area contributed by atoms with Gasteiger partial charge in [0.15, 0.2) is 6.10 Å². The van der Waals surface area contributed by atoms with E-state index in [0.29, 0.717) is 17.0 Å². The van der Waals surface area contributed by atoms with Crippen molar-refractivity contribution >= 4 is 28.9 Å². The van der Waals surface area contributed by atoms with Crippen LogP contribution < -0.4 is 10.1 Å². The lowest BCUT2D eigenvalue weighted by atomic mass is 10.1. The molecule has 28 heavy (non-hydrogen) atoms. The van der Waals surface area contributed by atoms with E-state index in [0.717, 1.165) is 15.4 Å². The number of carbonyl (C=O) groups excluding carboxylic acids is 2. The third-order valence-electron chi connectivity index (χ3n) is 4.42. The van der Waals surface area contributed by atoms with Crippen molar-refractivity contribution in [2.45, 2.75) is 26.9 Å². The molecule has 0 spiro atoms. The van der Waals surface area contributed by atoms with Crippen LogP contribution in [0, 0.1) is 13.8 Å². The van der Waals surface area contributed by atoms with Gasteiger partial charge in [-0.15, -0.1) is 11.3 Å². The average Bonchev–Trinajstić information content (AvgIpc) is 3.31. The molecule has 0 radical (unpaired) electrons. The van der Waals surface area contributed by atoms with E-state index >= 15 is 0 Å². The molecule has 146 valence electrons. The number of ether oxygens (including phenoxy) is 2. The maximum absolute atomic E-state index is 12.8. The van der Waals surface area contributed by atoms with Crippen LogP contribution in [0.5, 0.6) is 5.75 Å². The van der Waals surface area contributed by atoms with E-state index in [9.17, 15) is 9.59 Å². The molecule has 3 rings (SSSR count). The Kier molecular flexibility index (Phi) is 5.84. The molecular formula is C21H22N2O4S. The van der Waals surface area contributed by atoms with Crippen LogP contribution in [0.3, 0.4) is 0 Å². The number of nitrogens with one attached hydrogen (secondary N) is 1. The Balaban J connectivity index is 1.73. The summed E-state index contributed by atoms with van der Waals surface area (Å²) in [7, 11) is 1.57. The standard InChI is InChI=1S/C21H22N2O4S/c1-13-15(3)28-20(23-11-5-6-12-23)18(13)21(25)27-14(2)19(24)22-16-7-9-17(26-4)10-8-16/h5-12,14H,1-4H3,(H,22,24)/t14-/m1/s1. The van der Waals surface area contributed by atoms with Crippen LogP contribution in [0.2, 0.25) is 0 Å². The van der Waals surface area contributed by atoms with E-state index in [2.05, 4.69) is 5.32 Å². The molecule has 6 nitrogen and oxygen atoms in total. The van der Waals surface area contributed by atoms with Crippen LogP contribution in [-0.2, 0) is 9.53 Å². The molecule has 0 saturated heterocycles. The number of thiophene rings is 1. The van der Waals surface area contributed by atoms with Crippen LogP contribution in [0.15, 0.2) is 48.8 Å². The van der Waals surface area contributed by atoms with Gasteiger partial charge in [-0.25, -0.2) is 4.79 Å². The highest BCUT2D eigenvalue weighted by Gasteiger charge is 2.25. The molecule has 0 aliphatic carbocycles. The van der Waals surface area contributed by atoms with Gasteiger partial charge in [0.05, 0.1) is 12.7 Å². The molecule has 1 N–H and O–H groups in total. The van der Waals surface area contributed by atoms with Gasteiger partial charge in [-0.1, -0.05) is 0 Å². The molecule has 1 amide bonds. The fourth-order valence-electron chi connectivity index (χ4n) is 2.69. The van der Waals surface area contributed by atoms with Gasteiger partial charge in [-0.05, 0) is 62.7 Å². The third kappa shape index (κ3) is 4.09. The summed E-state index contributed by atoms with van der Waals surface area (Å²) in [4.78, 5) is 26.3. The molecule has 1 atom stereocenters. The molecule has 3 aromatic rings. The van der Waals surface area contributed by atoms with Gasteiger partial charge in [0.2, 0.25) is 0 Å². The molecule has 0 aliphatic rings. The summed E-state index contributed by atoms with van der Waals surface area (Å²) >= 11 is 1.52. The lowest BCUT2D eigenvalue weighted by molar-refractivity contribution is -0.123. The van der Waals surface area contributed by atoms with Crippen molar-refractivity contribution in [1.29, 1.82) is 0 Å². The van der Waals surface area contributed by atoms with Crippen molar-refractivity contribution in [3.8, 4) is 10.8 Å². The molecule has 0 fully saturated rings. The lowest BCUT2D eigenvalue weighted by Gasteiger charge is -2.15. The van der Waals surface area contributed by atoms with E-state index in [1.54, 1.807) is 38.3 Å². The molecule has 2 aromatic heterocycles. The summed E-state index contributed by atoms with van der Waals surface area (Å²) in [6, 6.07) is 10.7. The second-order valence-corrected chi connectivity index (χ2v) is 7.52. The number of hydrogen-bond donors (Lipinski definition) is 1. The molecule has 1 aromatic carbocycles. The fourth-order valence-corrected chi connectivity index (χ4v) is 3.80. The Bertz CT molecular complexity index is 975. The van der Waals surface area contributed by atoms with Gasteiger partial charge >= 0.3 is 5.97 Å². The first-order valence-electron chi connectivity index (χ1n) is 8.80. The molecule has 0 bridgehead atoms. The minimum absolute atomic E-state index is 0.398. The summed E-state index contributed by atoms with van der Waals surface area (Å²) in [6.45, 7) is 5.40. The van der Waals surface area contributed by atoms with E-state index in [-0.39, 0.29) is 0 Å². The summed E-state index contributed by atoms with van der Waals surface area (Å²) < 4.78 is 12.4. The highest BCUT2D eigenvalue weighted by molar-refractivity contribution is 7.15. The van der Waals surface area contributed by atoms with E-state index in [4.69, 9.17) is 9.47 Å². The smallest absolute Gasteiger partial charge is 0.342 e. The predicted molar refractivity (Wildman–Crippen MR) is 110 cm³/mol. The Labute approximate surface area is 167 Å². The number of carbonyl (C=O) groups is 2. The molecule has 2 heterocycles. The quantitative estimate of drug-likeness (QED) is 0.627. The van der Waals surface area contributed by atoms with Crippen LogP contribution in [0.1, 0.15) is 27.7 Å². The maximum atomic E-state index is 12.8. The number of amides is 1. The highest BCUT2D eigenvalue weighted by Crippen LogP contribution is 2.31. The van der Waals surface area contributed by atoms with Gasteiger partial charge in [0, 0.05) is 23.0 Å². The summed E-state index contributed by atoms with van der Waals surface area (Å²) in [5, 5.41) is 3.52. The third-order valence-corrected chi connectivity index (χ3v) is 5.64. The van der Waals surface area contributed by atoms with Crippen LogP contribution in [0.4, 0.5) is 5.69 Å². The number of rotatable bonds is 6. The van der Waals surface area contributed by atoms with E-state index < -0.39 is 18.0 Å². The van der Waals surface area contributed by atoms with E-state index in [1.807, 2.05) is 42.9 Å². The average molecular weight is 398 g/mol. The number of hydrogen-bond acceptors (Lipinski definition) is 5. The number of methoxy groups -OCH3 is 1. The lowest BCUT2D eigenvalue weighted by Crippen LogP contribution is -2.30. The number of anilines is 1. The predicted octanol–water partition coefficient (Wildman–Crippen LogP) is 4.35. The Morgan fingerprint density at radius 1 is 1.11 bits per heavy atom. The largest absolute Gasteiger partial charge is 0.497 e. The molecule has 0 saturated carbocycles. The number of nitrogens with zero attached hydrogens (tertiary/aromatic N) is 1. The maximum Gasteiger partial charge on any atom is 0.342 e. The van der Waals surface area contributed by atoms with Crippen LogP contribution in [-0.4, -0.2) is 29.7 Å². The fraction of sp³-hybridized carbons (Fsp3) is 0.238. The monoisotopic (exact) mass is 398 g/mol. The van der Waals surface area contributed by atoms with Crippen molar-refractivity contribution in [1.82, 2.24) is 4.57 Å². The van der Waals surface area contributed by atoms with Crippen LogP contribution in [0.25, 0.3) is 5.00 Å². The van der Waals surface area contributed by atoms with Crippen LogP contribution >= 0.6 is 11.3 Å². The zero-order valence-electron chi connectivity index (χ0n) is 16.2. The van der Waals surface area contributed by atoms with Crippen molar-refractivity contribution in [3.63, 3.8) is 0 Å².